The number of esters is 1. The highest BCUT2D eigenvalue weighted by atomic mass is 16.5. The topological polar surface area (TPSA) is 115 Å². The van der Waals surface area contributed by atoms with E-state index in [4.69, 9.17) is 25.1 Å². The molecule has 9 nitrogen and oxygen atoms in total. The summed E-state index contributed by atoms with van der Waals surface area (Å²) < 4.78 is 15.4. The van der Waals surface area contributed by atoms with Gasteiger partial charge in [-0.05, 0) is 75.3 Å². The third-order valence-electron chi connectivity index (χ3n) is 6.23. The lowest BCUT2D eigenvalue weighted by Gasteiger charge is -2.36. The van der Waals surface area contributed by atoms with Gasteiger partial charge in [0.1, 0.15) is 18.1 Å². The van der Waals surface area contributed by atoms with Gasteiger partial charge in [-0.1, -0.05) is 6.07 Å². The number of unbranched alkanes of at least 4 members (excludes halogenated alkanes) is 1. The van der Waals surface area contributed by atoms with Crippen molar-refractivity contribution in [3.05, 3.63) is 59.2 Å². The van der Waals surface area contributed by atoms with Crippen LogP contribution in [0.1, 0.15) is 35.7 Å². The first-order chi connectivity index (χ1) is 17.9. The molecule has 0 spiro atoms. The van der Waals surface area contributed by atoms with Gasteiger partial charge in [-0.15, -0.1) is 0 Å². The van der Waals surface area contributed by atoms with Gasteiger partial charge in [0, 0.05) is 37.4 Å². The van der Waals surface area contributed by atoms with E-state index in [1.165, 1.54) is 6.42 Å². The molecule has 2 aliphatic heterocycles. The third-order valence-corrected chi connectivity index (χ3v) is 6.23. The Labute approximate surface area is 218 Å². The monoisotopic (exact) mass is 511 g/mol. The van der Waals surface area contributed by atoms with Crippen LogP contribution in [-0.2, 0) is 9.53 Å². The number of nitrogens with two attached hydrogens (primary N) is 1. The number of carboxylic acid groups (broad SMARTS) is 1. The van der Waals surface area contributed by atoms with Crippen molar-refractivity contribution in [2.24, 2.45) is 5.73 Å². The van der Waals surface area contributed by atoms with Crippen molar-refractivity contribution < 1.29 is 28.9 Å². The molecule has 2 heterocycles. The molecule has 2 aromatic carbocycles. The summed E-state index contributed by atoms with van der Waals surface area (Å²) in [5.41, 5.74) is 8.25. The number of hydrogen-bond donors (Lipinski definition) is 2. The van der Waals surface area contributed by atoms with Crippen molar-refractivity contribution in [1.82, 2.24) is 4.90 Å². The van der Waals surface area contributed by atoms with Crippen molar-refractivity contribution >= 4 is 23.7 Å². The number of carbonyl (C=O) groups is 2. The average molecular weight is 512 g/mol. The van der Waals surface area contributed by atoms with Gasteiger partial charge in [0.25, 0.3) is 0 Å². The summed E-state index contributed by atoms with van der Waals surface area (Å²) in [7, 11) is 1.56. The van der Waals surface area contributed by atoms with Gasteiger partial charge in [0.2, 0.25) is 0 Å². The predicted octanol–water partition coefficient (Wildman–Crippen LogP) is 3.28. The van der Waals surface area contributed by atoms with Crippen LogP contribution in [0.3, 0.4) is 0 Å². The minimum Gasteiger partial charge on any atom is -0.497 e. The first kappa shape index (κ1) is 28.0. The Hall–Kier alpha value is -3.56. The van der Waals surface area contributed by atoms with Gasteiger partial charge in [-0.2, -0.15) is 0 Å². The number of rotatable bonds is 9. The Kier molecular flexibility index (Phi) is 10.8. The van der Waals surface area contributed by atoms with Crippen LogP contribution in [0.4, 0.5) is 5.69 Å². The van der Waals surface area contributed by atoms with E-state index >= 15 is 0 Å². The molecule has 0 unspecified atom stereocenters. The Morgan fingerprint density at radius 1 is 1.08 bits per heavy atom. The standard InChI is InChI=1S/C17H27N3O2.C11H10O4/c1-2-22-17(21)15-6-5-7-16(14-15)20-12-10-19(11-13-20)9-4-3-8-18;1-14-9-2-3-10-7(5-9)4-8(6-15-10)11(12)13/h5-7,14H,2-4,8-13,18H2,1H3;2-5H,6H2,1H3,(H,12,13). The Morgan fingerprint density at radius 3 is 2.54 bits per heavy atom. The van der Waals surface area contributed by atoms with Crippen molar-refractivity contribution in [1.29, 1.82) is 0 Å². The molecule has 9 heteroatoms. The van der Waals surface area contributed by atoms with Crippen LogP contribution in [0.15, 0.2) is 48.0 Å². The van der Waals surface area contributed by atoms with Crippen molar-refractivity contribution in [2.75, 3.05) is 64.5 Å². The second-order valence-electron chi connectivity index (χ2n) is 8.76. The summed E-state index contributed by atoms with van der Waals surface area (Å²) in [4.78, 5) is 27.4. The number of anilines is 1. The second-order valence-corrected chi connectivity index (χ2v) is 8.76. The number of carboxylic acids is 1. The first-order valence-corrected chi connectivity index (χ1v) is 12.6. The zero-order chi connectivity index (χ0) is 26.6. The summed E-state index contributed by atoms with van der Waals surface area (Å²) in [6.07, 6.45) is 3.88. The van der Waals surface area contributed by atoms with Crippen molar-refractivity contribution in [3.8, 4) is 11.5 Å². The number of fused-ring (bicyclic) bond motifs is 1. The Morgan fingerprint density at radius 2 is 1.86 bits per heavy atom. The van der Waals surface area contributed by atoms with E-state index in [2.05, 4.69) is 15.9 Å². The highest BCUT2D eigenvalue weighted by molar-refractivity contribution is 5.94. The second kappa shape index (κ2) is 14.2. The van der Waals surface area contributed by atoms with Crippen LogP contribution in [0.2, 0.25) is 0 Å². The number of methoxy groups -OCH3 is 1. The third kappa shape index (κ3) is 8.23. The molecule has 4 rings (SSSR count). The number of carbonyl (C=O) groups excluding carboxylic acids is 1. The summed E-state index contributed by atoms with van der Waals surface area (Å²) in [5, 5.41) is 8.81. The maximum atomic E-state index is 11.8. The number of nitrogens with zero attached hydrogens (tertiary/aromatic N) is 2. The van der Waals surface area contributed by atoms with Crippen LogP contribution in [0, 0.1) is 0 Å². The predicted molar refractivity (Wildman–Crippen MR) is 143 cm³/mol. The molecule has 0 radical (unpaired) electrons. The molecule has 200 valence electrons. The molecular weight excluding hydrogens is 474 g/mol. The van der Waals surface area contributed by atoms with E-state index < -0.39 is 5.97 Å². The Bertz CT molecular complexity index is 1080. The van der Waals surface area contributed by atoms with Crippen molar-refractivity contribution in [3.63, 3.8) is 0 Å². The number of hydrogen-bond acceptors (Lipinski definition) is 8. The molecule has 2 aromatic rings. The van der Waals surface area contributed by atoms with Gasteiger partial charge in [-0.25, -0.2) is 9.59 Å². The minimum atomic E-state index is -0.955. The van der Waals surface area contributed by atoms with Crippen LogP contribution >= 0.6 is 0 Å². The maximum Gasteiger partial charge on any atom is 0.338 e. The lowest BCUT2D eigenvalue weighted by Crippen LogP contribution is -2.46. The van der Waals surface area contributed by atoms with Gasteiger partial charge in [-0.3, -0.25) is 4.90 Å². The van der Waals surface area contributed by atoms with Crippen LogP contribution < -0.4 is 20.1 Å². The molecule has 0 saturated carbocycles. The van der Waals surface area contributed by atoms with E-state index in [0.29, 0.717) is 23.7 Å². The highest BCUT2D eigenvalue weighted by Crippen LogP contribution is 2.29. The zero-order valence-electron chi connectivity index (χ0n) is 21.7. The van der Waals surface area contributed by atoms with Crippen LogP contribution in [-0.4, -0.2) is 81.5 Å². The van der Waals surface area contributed by atoms with E-state index in [1.807, 2.05) is 25.1 Å². The first-order valence-electron chi connectivity index (χ1n) is 12.6. The summed E-state index contributed by atoms with van der Waals surface area (Å²) in [6, 6.07) is 13.0. The van der Waals surface area contributed by atoms with Crippen molar-refractivity contribution in [2.45, 2.75) is 19.8 Å². The van der Waals surface area contributed by atoms with Gasteiger partial charge < -0.3 is 30.0 Å². The molecule has 3 N–H and O–H groups in total. The molecular formula is C28H37N3O6. The Balaban J connectivity index is 0.000000220. The number of ether oxygens (including phenoxy) is 3. The number of aliphatic carboxylic acids is 1. The molecule has 0 aromatic heterocycles. The lowest BCUT2D eigenvalue weighted by atomic mass is 10.1. The molecule has 0 aliphatic carbocycles. The smallest absolute Gasteiger partial charge is 0.338 e. The fourth-order valence-electron chi connectivity index (χ4n) is 4.16. The largest absolute Gasteiger partial charge is 0.497 e. The molecule has 0 atom stereocenters. The minimum absolute atomic E-state index is 0.106. The summed E-state index contributed by atoms with van der Waals surface area (Å²) >= 11 is 0. The zero-order valence-corrected chi connectivity index (χ0v) is 21.7. The number of piperazine rings is 1. The van der Waals surface area contributed by atoms with E-state index in [-0.39, 0.29) is 18.1 Å². The van der Waals surface area contributed by atoms with Crippen LogP contribution in [0.5, 0.6) is 11.5 Å². The quantitative estimate of drug-likeness (QED) is 0.387. The molecule has 0 bridgehead atoms. The number of benzene rings is 2. The van der Waals surface area contributed by atoms with Gasteiger partial charge in [0.05, 0.1) is 24.9 Å². The molecule has 1 fully saturated rings. The maximum absolute atomic E-state index is 11.8. The van der Waals surface area contributed by atoms with E-state index in [1.54, 1.807) is 31.4 Å². The van der Waals surface area contributed by atoms with Gasteiger partial charge in [0.15, 0.2) is 0 Å². The normalized spacial score (nSPS) is 14.9. The summed E-state index contributed by atoms with van der Waals surface area (Å²) in [6.45, 7) is 8.37. The molecule has 37 heavy (non-hydrogen) atoms. The lowest BCUT2D eigenvalue weighted by molar-refractivity contribution is -0.132. The highest BCUT2D eigenvalue weighted by Gasteiger charge is 2.18. The molecule has 2 aliphatic rings. The average Bonchev–Trinajstić information content (AvgIpc) is 2.93. The molecule has 0 amide bonds. The molecule has 1 saturated heterocycles. The van der Waals surface area contributed by atoms with Crippen LogP contribution in [0.25, 0.3) is 6.08 Å². The SMILES string of the molecule is CCOC(=O)c1cccc(N2CCN(CCCCN)CC2)c1.COc1ccc2c(c1)C=C(C(=O)O)CO2. The fraction of sp³-hybridized carbons (Fsp3) is 0.429. The van der Waals surface area contributed by atoms with E-state index in [9.17, 15) is 9.59 Å². The van der Waals surface area contributed by atoms with E-state index in [0.717, 1.165) is 56.9 Å². The fourth-order valence-corrected chi connectivity index (χ4v) is 4.16. The summed E-state index contributed by atoms with van der Waals surface area (Å²) in [5.74, 6) is 0.161. The van der Waals surface area contributed by atoms with Gasteiger partial charge >= 0.3 is 11.9 Å².